The number of imidazole rings is 1. The number of halogens is 1. The summed E-state index contributed by atoms with van der Waals surface area (Å²) >= 11 is 5.96. The molecule has 7 heteroatoms. The van der Waals surface area contributed by atoms with Crippen LogP contribution in [0.4, 0.5) is 0 Å². The third kappa shape index (κ3) is 4.22. The molecule has 0 bridgehead atoms. The Morgan fingerprint density at radius 3 is 3.22 bits per heavy atom. The van der Waals surface area contributed by atoms with E-state index in [1.165, 1.54) is 0 Å². The number of hydrogen-bond donors (Lipinski definition) is 1. The summed E-state index contributed by atoms with van der Waals surface area (Å²) < 4.78 is 10.9. The van der Waals surface area contributed by atoms with E-state index < -0.39 is 0 Å². The standard InChI is InChI=1S/C16H20ClN3O3/c1-20(16(21)10-22-9-12-3-2-6-23-12)8-15-18-13-5-4-11(17)7-14(13)19-15/h4-5,7,12H,2-3,6,8-10H2,1H3,(H,18,19)/t12-/m0/s1. The number of hydrogen-bond acceptors (Lipinski definition) is 4. The molecule has 0 aliphatic carbocycles. The van der Waals surface area contributed by atoms with Crippen LogP contribution in [0.1, 0.15) is 18.7 Å². The molecule has 0 spiro atoms. The summed E-state index contributed by atoms with van der Waals surface area (Å²) in [5.41, 5.74) is 1.70. The Labute approximate surface area is 139 Å². The fourth-order valence-electron chi connectivity index (χ4n) is 2.59. The van der Waals surface area contributed by atoms with Crippen LogP contribution >= 0.6 is 11.6 Å². The molecule has 0 unspecified atom stereocenters. The van der Waals surface area contributed by atoms with Gasteiger partial charge in [0.1, 0.15) is 12.4 Å². The van der Waals surface area contributed by atoms with Crippen molar-refractivity contribution in [3.05, 3.63) is 29.0 Å². The van der Waals surface area contributed by atoms with Gasteiger partial charge in [0.15, 0.2) is 0 Å². The zero-order chi connectivity index (χ0) is 16.2. The molecule has 1 fully saturated rings. The molecule has 1 aliphatic heterocycles. The highest BCUT2D eigenvalue weighted by Crippen LogP contribution is 2.17. The number of fused-ring (bicyclic) bond motifs is 1. The van der Waals surface area contributed by atoms with Crippen molar-refractivity contribution in [2.75, 3.05) is 26.9 Å². The van der Waals surface area contributed by atoms with E-state index >= 15 is 0 Å². The molecule has 1 saturated heterocycles. The van der Waals surface area contributed by atoms with Gasteiger partial charge in [-0.15, -0.1) is 0 Å². The fraction of sp³-hybridized carbons (Fsp3) is 0.500. The lowest BCUT2D eigenvalue weighted by Crippen LogP contribution is -2.31. The number of H-pyrrole nitrogens is 1. The third-order valence-electron chi connectivity index (χ3n) is 3.86. The van der Waals surface area contributed by atoms with Crippen molar-refractivity contribution in [1.29, 1.82) is 0 Å². The summed E-state index contributed by atoms with van der Waals surface area (Å²) in [6.07, 6.45) is 2.21. The molecule has 0 radical (unpaired) electrons. The van der Waals surface area contributed by atoms with E-state index in [9.17, 15) is 4.79 Å². The van der Waals surface area contributed by atoms with Gasteiger partial charge in [-0.25, -0.2) is 4.98 Å². The highest BCUT2D eigenvalue weighted by Gasteiger charge is 2.17. The van der Waals surface area contributed by atoms with Crippen molar-refractivity contribution < 1.29 is 14.3 Å². The maximum atomic E-state index is 12.1. The molecule has 124 valence electrons. The van der Waals surface area contributed by atoms with E-state index in [0.29, 0.717) is 18.2 Å². The molecule has 2 aromatic rings. The Balaban J connectivity index is 1.50. The predicted octanol–water partition coefficient (Wildman–Crippen LogP) is 2.37. The number of carbonyl (C=O) groups excluding carboxylic acids is 1. The van der Waals surface area contributed by atoms with E-state index in [1.54, 1.807) is 18.0 Å². The second-order valence-corrected chi connectivity index (χ2v) is 6.18. The molecule has 1 aliphatic rings. The minimum absolute atomic E-state index is 0.0580. The van der Waals surface area contributed by atoms with E-state index in [4.69, 9.17) is 21.1 Å². The van der Waals surface area contributed by atoms with Gasteiger partial charge in [-0.05, 0) is 31.0 Å². The number of rotatable bonds is 6. The molecule has 1 atom stereocenters. The van der Waals surface area contributed by atoms with Gasteiger partial charge in [-0.3, -0.25) is 4.79 Å². The number of benzene rings is 1. The van der Waals surface area contributed by atoms with Crippen molar-refractivity contribution in [3.8, 4) is 0 Å². The summed E-state index contributed by atoms with van der Waals surface area (Å²) in [6.45, 7) is 1.72. The summed E-state index contributed by atoms with van der Waals surface area (Å²) in [4.78, 5) is 21.3. The molecular weight excluding hydrogens is 318 g/mol. The number of amides is 1. The summed E-state index contributed by atoms with van der Waals surface area (Å²) in [6, 6.07) is 5.46. The third-order valence-corrected chi connectivity index (χ3v) is 4.09. The van der Waals surface area contributed by atoms with Crippen molar-refractivity contribution in [2.45, 2.75) is 25.5 Å². The van der Waals surface area contributed by atoms with Crippen LogP contribution in [0.15, 0.2) is 18.2 Å². The highest BCUT2D eigenvalue weighted by molar-refractivity contribution is 6.31. The van der Waals surface area contributed by atoms with Crippen LogP contribution in [-0.2, 0) is 20.8 Å². The molecule has 1 amide bonds. The van der Waals surface area contributed by atoms with Crippen LogP contribution in [0.5, 0.6) is 0 Å². The van der Waals surface area contributed by atoms with Crippen molar-refractivity contribution in [3.63, 3.8) is 0 Å². The molecule has 23 heavy (non-hydrogen) atoms. The minimum atomic E-state index is -0.0820. The zero-order valence-electron chi connectivity index (χ0n) is 13.0. The maximum absolute atomic E-state index is 12.1. The van der Waals surface area contributed by atoms with Crippen LogP contribution < -0.4 is 0 Å². The largest absolute Gasteiger partial charge is 0.376 e. The number of carbonyl (C=O) groups is 1. The van der Waals surface area contributed by atoms with Crippen LogP contribution in [-0.4, -0.2) is 53.7 Å². The SMILES string of the molecule is CN(Cc1nc2ccc(Cl)cc2[nH]1)C(=O)COC[C@@H]1CCCO1. The molecule has 1 aromatic carbocycles. The topological polar surface area (TPSA) is 67.5 Å². The smallest absolute Gasteiger partial charge is 0.248 e. The number of aromatic nitrogens is 2. The van der Waals surface area contributed by atoms with Crippen molar-refractivity contribution in [1.82, 2.24) is 14.9 Å². The average molecular weight is 338 g/mol. The van der Waals surface area contributed by atoms with Crippen LogP contribution in [0.3, 0.4) is 0 Å². The van der Waals surface area contributed by atoms with Gasteiger partial charge in [0, 0.05) is 18.7 Å². The minimum Gasteiger partial charge on any atom is -0.376 e. The molecule has 1 N–H and O–H groups in total. The number of aromatic amines is 1. The van der Waals surface area contributed by atoms with Gasteiger partial charge in [-0.2, -0.15) is 0 Å². The fourth-order valence-corrected chi connectivity index (χ4v) is 2.76. The maximum Gasteiger partial charge on any atom is 0.248 e. The van der Waals surface area contributed by atoms with E-state index in [0.717, 1.165) is 36.3 Å². The highest BCUT2D eigenvalue weighted by atomic mass is 35.5. The second-order valence-electron chi connectivity index (χ2n) is 5.74. The Morgan fingerprint density at radius 2 is 2.43 bits per heavy atom. The van der Waals surface area contributed by atoms with Gasteiger partial charge in [-0.1, -0.05) is 11.6 Å². The quantitative estimate of drug-likeness (QED) is 0.878. The Kier molecular flexibility index (Phi) is 5.15. The average Bonchev–Trinajstić information content (AvgIpc) is 3.15. The first-order valence-electron chi connectivity index (χ1n) is 7.69. The number of ether oxygens (including phenoxy) is 2. The normalized spacial score (nSPS) is 17.7. The van der Waals surface area contributed by atoms with Crippen LogP contribution in [0, 0.1) is 0 Å². The molecule has 6 nitrogen and oxygen atoms in total. The van der Waals surface area contributed by atoms with Gasteiger partial charge in [0.05, 0.1) is 30.3 Å². The van der Waals surface area contributed by atoms with Crippen molar-refractivity contribution >= 4 is 28.5 Å². The molecule has 1 aromatic heterocycles. The molecular formula is C16H20ClN3O3. The van der Waals surface area contributed by atoms with E-state index in [1.807, 2.05) is 12.1 Å². The Bertz CT molecular complexity index is 682. The summed E-state index contributed by atoms with van der Waals surface area (Å²) in [5.74, 6) is 0.638. The number of nitrogens with zero attached hydrogens (tertiary/aromatic N) is 2. The van der Waals surface area contributed by atoms with E-state index in [2.05, 4.69) is 9.97 Å². The van der Waals surface area contributed by atoms with Crippen LogP contribution in [0.2, 0.25) is 5.02 Å². The summed E-state index contributed by atoms with van der Waals surface area (Å²) in [5, 5.41) is 0.652. The Morgan fingerprint density at radius 1 is 1.57 bits per heavy atom. The van der Waals surface area contributed by atoms with Crippen molar-refractivity contribution in [2.24, 2.45) is 0 Å². The first kappa shape index (κ1) is 16.2. The first-order chi connectivity index (χ1) is 11.1. The zero-order valence-corrected chi connectivity index (χ0v) is 13.8. The van der Waals surface area contributed by atoms with Gasteiger partial charge < -0.3 is 19.4 Å². The van der Waals surface area contributed by atoms with E-state index in [-0.39, 0.29) is 18.6 Å². The molecule has 0 saturated carbocycles. The van der Waals surface area contributed by atoms with Gasteiger partial charge in [0.2, 0.25) is 5.91 Å². The number of likely N-dealkylation sites (N-methyl/N-ethyl adjacent to an activating group) is 1. The Hall–Kier alpha value is -1.63. The first-order valence-corrected chi connectivity index (χ1v) is 8.07. The monoisotopic (exact) mass is 337 g/mol. The van der Waals surface area contributed by atoms with Gasteiger partial charge >= 0.3 is 0 Å². The summed E-state index contributed by atoms with van der Waals surface area (Å²) in [7, 11) is 1.73. The lowest BCUT2D eigenvalue weighted by Gasteiger charge is -2.16. The molecule has 2 heterocycles. The lowest BCUT2D eigenvalue weighted by atomic mass is 10.2. The lowest BCUT2D eigenvalue weighted by molar-refractivity contribution is -0.136. The second kappa shape index (κ2) is 7.29. The van der Waals surface area contributed by atoms with Gasteiger partial charge in [0.25, 0.3) is 0 Å². The van der Waals surface area contributed by atoms with Crippen LogP contribution in [0.25, 0.3) is 11.0 Å². The molecule has 3 rings (SSSR count). The number of nitrogens with one attached hydrogen (secondary N) is 1. The predicted molar refractivity (Wildman–Crippen MR) is 87.4 cm³/mol.